The molecule has 0 aromatic heterocycles. The molecule has 1 aliphatic rings. The first-order chi connectivity index (χ1) is 14.0. The zero-order valence-electron chi connectivity index (χ0n) is 18.1. The van der Waals surface area contributed by atoms with Gasteiger partial charge in [0.25, 0.3) is 0 Å². The van der Waals surface area contributed by atoms with E-state index in [0.29, 0.717) is 6.54 Å². The molecular formula is C24H33N3O2. The number of methoxy groups -OCH3 is 1. The Balaban J connectivity index is 1.49. The average molecular weight is 396 g/mol. The van der Waals surface area contributed by atoms with Crippen molar-refractivity contribution in [3.05, 3.63) is 65.2 Å². The predicted molar refractivity (Wildman–Crippen MR) is 117 cm³/mol. The number of hydrogen-bond donors (Lipinski definition) is 0. The van der Waals surface area contributed by atoms with Gasteiger partial charge in [0, 0.05) is 45.3 Å². The lowest BCUT2D eigenvalue weighted by atomic mass is 10.1. The van der Waals surface area contributed by atoms with Gasteiger partial charge in [-0.25, -0.2) is 0 Å². The van der Waals surface area contributed by atoms with Gasteiger partial charge in [-0.2, -0.15) is 0 Å². The molecule has 2 aromatic carbocycles. The van der Waals surface area contributed by atoms with Gasteiger partial charge in [0.1, 0.15) is 5.75 Å². The Kier molecular flexibility index (Phi) is 7.29. The van der Waals surface area contributed by atoms with Gasteiger partial charge in [0.15, 0.2) is 0 Å². The summed E-state index contributed by atoms with van der Waals surface area (Å²) in [5.74, 6) is 1.12. The molecule has 0 N–H and O–H groups in total. The number of benzene rings is 2. The first-order valence-electron chi connectivity index (χ1n) is 10.4. The Hall–Kier alpha value is -2.37. The molecule has 3 rings (SSSR count). The first-order valence-corrected chi connectivity index (χ1v) is 10.4. The maximum Gasteiger partial charge on any atom is 0.236 e. The van der Waals surface area contributed by atoms with E-state index < -0.39 is 0 Å². The molecule has 1 atom stereocenters. The van der Waals surface area contributed by atoms with Crippen LogP contribution >= 0.6 is 0 Å². The summed E-state index contributed by atoms with van der Waals surface area (Å²) < 4.78 is 5.51. The Morgan fingerprint density at radius 3 is 2.38 bits per heavy atom. The molecule has 1 aliphatic heterocycles. The van der Waals surface area contributed by atoms with Gasteiger partial charge in [-0.3, -0.25) is 14.6 Å². The van der Waals surface area contributed by atoms with E-state index in [2.05, 4.69) is 47.9 Å². The van der Waals surface area contributed by atoms with E-state index in [9.17, 15) is 4.79 Å². The zero-order valence-corrected chi connectivity index (χ0v) is 18.1. The summed E-state index contributed by atoms with van der Waals surface area (Å²) in [5.41, 5.74) is 3.65. The van der Waals surface area contributed by atoms with Crippen molar-refractivity contribution in [1.82, 2.24) is 14.7 Å². The molecule has 2 aromatic rings. The summed E-state index contributed by atoms with van der Waals surface area (Å²) in [6, 6.07) is 16.6. The molecule has 0 radical (unpaired) electrons. The molecule has 5 heteroatoms. The van der Waals surface area contributed by atoms with Crippen LogP contribution in [0.5, 0.6) is 5.75 Å². The van der Waals surface area contributed by atoms with Crippen LogP contribution in [0.4, 0.5) is 0 Å². The zero-order chi connectivity index (χ0) is 20.8. The number of likely N-dealkylation sites (N-methyl/N-ethyl adjacent to an activating group) is 1. The molecule has 0 aliphatic carbocycles. The summed E-state index contributed by atoms with van der Waals surface area (Å²) in [6.07, 6.45) is 0. The van der Waals surface area contributed by atoms with Crippen molar-refractivity contribution in [3.8, 4) is 5.75 Å². The van der Waals surface area contributed by atoms with Crippen molar-refractivity contribution in [2.45, 2.75) is 26.4 Å². The number of ether oxygens (including phenoxy) is 1. The lowest BCUT2D eigenvalue weighted by molar-refractivity contribution is -0.133. The quantitative estimate of drug-likeness (QED) is 0.720. The Labute approximate surface area is 174 Å². The van der Waals surface area contributed by atoms with Crippen molar-refractivity contribution in [3.63, 3.8) is 0 Å². The summed E-state index contributed by atoms with van der Waals surface area (Å²) in [6.45, 7) is 9.30. The van der Waals surface area contributed by atoms with Crippen LogP contribution in [0.2, 0.25) is 0 Å². The topological polar surface area (TPSA) is 36.0 Å². The van der Waals surface area contributed by atoms with Crippen LogP contribution in [0.1, 0.15) is 29.7 Å². The minimum atomic E-state index is 0.0822. The highest BCUT2D eigenvalue weighted by Gasteiger charge is 2.23. The third kappa shape index (κ3) is 5.58. The van der Waals surface area contributed by atoms with Gasteiger partial charge >= 0.3 is 0 Å². The number of carbonyl (C=O) groups is 1. The van der Waals surface area contributed by atoms with Gasteiger partial charge in [0.05, 0.1) is 19.7 Å². The number of aryl methyl sites for hydroxylation is 1. The normalized spacial score (nSPS) is 16.4. The molecular weight excluding hydrogens is 362 g/mol. The van der Waals surface area contributed by atoms with E-state index in [1.165, 1.54) is 16.7 Å². The molecule has 29 heavy (non-hydrogen) atoms. The number of hydrogen-bond acceptors (Lipinski definition) is 4. The maximum atomic E-state index is 12.8. The van der Waals surface area contributed by atoms with E-state index >= 15 is 0 Å². The van der Waals surface area contributed by atoms with Crippen molar-refractivity contribution < 1.29 is 9.53 Å². The van der Waals surface area contributed by atoms with Gasteiger partial charge in [-0.15, -0.1) is 0 Å². The fourth-order valence-corrected chi connectivity index (χ4v) is 3.85. The highest BCUT2D eigenvalue weighted by molar-refractivity contribution is 5.78. The fourth-order valence-electron chi connectivity index (χ4n) is 3.85. The number of nitrogens with zero attached hydrogens (tertiary/aromatic N) is 3. The lowest BCUT2D eigenvalue weighted by Crippen LogP contribution is -2.49. The molecule has 1 saturated heterocycles. The highest BCUT2D eigenvalue weighted by atomic mass is 16.5. The molecule has 0 saturated carbocycles. The third-order valence-electron chi connectivity index (χ3n) is 5.91. The first kappa shape index (κ1) is 21.3. The lowest BCUT2D eigenvalue weighted by Gasteiger charge is -2.36. The van der Waals surface area contributed by atoms with E-state index in [0.717, 1.165) is 38.5 Å². The summed E-state index contributed by atoms with van der Waals surface area (Å²) >= 11 is 0. The molecule has 5 nitrogen and oxygen atoms in total. The minimum absolute atomic E-state index is 0.0822. The van der Waals surface area contributed by atoms with E-state index in [-0.39, 0.29) is 11.9 Å². The van der Waals surface area contributed by atoms with E-state index in [4.69, 9.17) is 4.74 Å². The fraction of sp³-hybridized carbons (Fsp3) is 0.458. The van der Waals surface area contributed by atoms with Crippen LogP contribution in [0.3, 0.4) is 0 Å². The second-order valence-electron chi connectivity index (χ2n) is 7.96. The molecule has 0 unspecified atom stereocenters. The standard InChI is InChI=1S/C24H33N3O2/c1-19-10-11-23(29-4)22(16-19)17-26-12-14-27(15-13-26)18-24(28)25(3)20(2)21-8-6-5-7-9-21/h5-11,16,20H,12-15,17-18H2,1-4H3/t20-/m0/s1. The summed E-state index contributed by atoms with van der Waals surface area (Å²) in [7, 11) is 3.63. The van der Waals surface area contributed by atoms with Gasteiger partial charge < -0.3 is 9.64 Å². The Bertz CT molecular complexity index is 801. The Morgan fingerprint density at radius 2 is 1.72 bits per heavy atom. The number of amides is 1. The van der Waals surface area contributed by atoms with Gasteiger partial charge in [0.2, 0.25) is 5.91 Å². The van der Waals surface area contributed by atoms with E-state index in [1.807, 2.05) is 36.2 Å². The van der Waals surface area contributed by atoms with Gasteiger partial charge in [-0.05, 0) is 25.5 Å². The van der Waals surface area contributed by atoms with Gasteiger partial charge in [-0.1, -0.05) is 48.0 Å². The van der Waals surface area contributed by atoms with Crippen molar-refractivity contribution >= 4 is 5.91 Å². The number of carbonyl (C=O) groups excluding carboxylic acids is 1. The molecule has 1 heterocycles. The molecule has 1 amide bonds. The van der Waals surface area contributed by atoms with Crippen LogP contribution in [0, 0.1) is 6.92 Å². The summed E-state index contributed by atoms with van der Waals surface area (Å²) in [5, 5.41) is 0. The molecule has 0 bridgehead atoms. The smallest absolute Gasteiger partial charge is 0.236 e. The monoisotopic (exact) mass is 395 g/mol. The second-order valence-corrected chi connectivity index (χ2v) is 7.96. The van der Waals surface area contributed by atoms with Crippen LogP contribution in [0.15, 0.2) is 48.5 Å². The average Bonchev–Trinajstić information content (AvgIpc) is 2.75. The predicted octanol–water partition coefficient (Wildman–Crippen LogP) is 3.34. The molecule has 1 fully saturated rings. The number of rotatable bonds is 7. The molecule has 156 valence electrons. The van der Waals surface area contributed by atoms with E-state index in [1.54, 1.807) is 7.11 Å². The third-order valence-corrected chi connectivity index (χ3v) is 5.91. The maximum absolute atomic E-state index is 12.8. The molecule has 0 spiro atoms. The van der Waals surface area contributed by atoms with Crippen molar-refractivity contribution in [2.24, 2.45) is 0 Å². The largest absolute Gasteiger partial charge is 0.496 e. The van der Waals surface area contributed by atoms with Crippen LogP contribution < -0.4 is 4.74 Å². The van der Waals surface area contributed by atoms with Crippen molar-refractivity contribution in [2.75, 3.05) is 46.9 Å². The van der Waals surface area contributed by atoms with Crippen molar-refractivity contribution in [1.29, 1.82) is 0 Å². The SMILES string of the molecule is COc1ccc(C)cc1CN1CCN(CC(=O)N(C)[C@@H](C)c2ccccc2)CC1. The second kappa shape index (κ2) is 9.90. The van der Waals surface area contributed by atoms with Crippen LogP contribution in [-0.4, -0.2) is 67.5 Å². The summed E-state index contributed by atoms with van der Waals surface area (Å²) in [4.78, 5) is 19.3. The number of piperazine rings is 1. The minimum Gasteiger partial charge on any atom is -0.496 e. The highest BCUT2D eigenvalue weighted by Crippen LogP contribution is 2.22. The Morgan fingerprint density at radius 1 is 1.07 bits per heavy atom. The van der Waals surface area contributed by atoms with Crippen LogP contribution in [-0.2, 0) is 11.3 Å². The van der Waals surface area contributed by atoms with Crippen LogP contribution in [0.25, 0.3) is 0 Å².